The zero-order valence-corrected chi connectivity index (χ0v) is 29.3. The van der Waals surface area contributed by atoms with Crippen molar-refractivity contribution in [2.75, 3.05) is 0 Å². The monoisotopic (exact) mass is 685 g/mol. The molecule has 1 aliphatic carbocycles. The molecule has 0 saturated heterocycles. The first kappa shape index (κ1) is 29.5. The Balaban J connectivity index is 0.921. The number of para-hydroxylation sites is 2. The van der Waals surface area contributed by atoms with Gasteiger partial charge in [0.05, 0.1) is 16.7 Å². The second-order valence-corrected chi connectivity index (χ2v) is 14.6. The number of allylic oxidation sites excluding steroid dienone is 3. The molecule has 250 valence electrons. The number of hydrogen-bond donors (Lipinski definition) is 0. The van der Waals surface area contributed by atoms with Crippen LogP contribution in [0.4, 0.5) is 0 Å². The van der Waals surface area contributed by atoms with Gasteiger partial charge in [0.1, 0.15) is 11.5 Å². The van der Waals surface area contributed by atoms with Crippen LogP contribution in [0.1, 0.15) is 11.3 Å². The van der Waals surface area contributed by atoms with Crippen molar-refractivity contribution in [3.8, 4) is 33.6 Å². The van der Waals surface area contributed by atoms with E-state index in [1.165, 1.54) is 76.1 Å². The quantitative estimate of drug-likeness (QED) is 0.173. The van der Waals surface area contributed by atoms with Gasteiger partial charge >= 0.3 is 0 Å². The third-order valence-corrected chi connectivity index (χ3v) is 11.5. The number of nitrogens with zero attached hydrogens (tertiary/aromatic N) is 3. The molecule has 11 aromatic rings. The van der Waals surface area contributed by atoms with Crippen LogP contribution in [-0.4, -0.2) is 14.4 Å². The van der Waals surface area contributed by atoms with Crippen LogP contribution < -0.4 is 0 Å². The lowest BCUT2D eigenvalue weighted by molar-refractivity contribution is 1.06. The molecule has 0 spiro atoms. The topological polar surface area (TPSA) is 30.2 Å². The third kappa shape index (κ3) is 4.36. The van der Waals surface area contributed by atoms with Crippen molar-refractivity contribution in [2.24, 2.45) is 0 Å². The molecule has 3 heteroatoms. The molecule has 0 atom stereocenters. The maximum Gasteiger partial charge on any atom is 0.146 e. The molecule has 0 unspecified atom stereocenters. The summed E-state index contributed by atoms with van der Waals surface area (Å²) in [6.07, 6.45) is 9.25. The highest BCUT2D eigenvalue weighted by atomic mass is 15.1. The van der Waals surface area contributed by atoms with Gasteiger partial charge in [-0.3, -0.25) is 4.40 Å². The van der Waals surface area contributed by atoms with Gasteiger partial charge < -0.3 is 0 Å². The molecule has 3 nitrogen and oxygen atoms in total. The minimum Gasteiger partial charge on any atom is -0.276 e. The first-order valence-electron chi connectivity index (χ1n) is 18.6. The maximum atomic E-state index is 5.25. The molecule has 0 N–H and O–H groups in total. The average Bonchev–Trinajstić information content (AvgIpc) is 3.45. The van der Waals surface area contributed by atoms with E-state index in [4.69, 9.17) is 9.97 Å². The van der Waals surface area contributed by atoms with Crippen LogP contribution in [0.3, 0.4) is 0 Å². The summed E-state index contributed by atoms with van der Waals surface area (Å²) >= 11 is 0. The Morgan fingerprint density at radius 1 is 0.463 bits per heavy atom. The fourth-order valence-corrected chi connectivity index (χ4v) is 8.87. The molecule has 0 aliphatic heterocycles. The van der Waals surface area contributed by atoms with Crippen LogP contribution in [0.2, 0.25) is 0 Å². The van der Waals surface area contributed by atoms with Crippen LogP contribution in [0.25, 0.3) is 110 Å². The summed E-state index contributed by atoms with van der Waals surface area (Å²) in [6, 6.07) is 55.8. The fourth-order valence-electron chi connectivity index (χ4n) is 8.87. The molecule has 0 amide bonds. The summed E-state index contributed by atoms with van der Waals surface area (Å²) in [6.45, 7) is 0. The van der Waals surface area contributed by atoms with Crippen molar-refractivity contribution < 1.29 is 0 Å². The number of benzene rings is 9. The molecule has 0 bridgehead atoms. The summed E-state index contributed by atoms with van der Waals surface area (Å²) in [5.41, 5.74) is 11.2. The zero-order valence-electron chi connectivity index (χ0n) is 29.3. The Morgan fingerprint density at radius 3 is 1.85 bits per heavy atom. The molecular weight excluding hydrogens is 655 g/mol. The standard InChI is InChI=1S/C51H31N3/c1-2-9-44-45(10-3-1)52-50(54-47-12-5-4-11-46(47)53-51(44)54)41-22-20-37-28-35(16-18-39(37)30-41)34-15-17-38-29-40(21-19-36(38)27-34)42-25-23-33-14-13-31-7-6-8-32-24-26-43(42)49(33)48(31)32/h1-8,10-30H,9H2. The highest BCUT2D eigenvalue weighted by Crippen LogP contribution is 2.40. The first-order chi connectivity index (χ1) is 26.7. The fraction of sp³-hybridized carbons (Fsp3) is 0.0196. The van der Waals surface area contributed by atoms with Gasteiger partial charge in [-0.1, -0.05) is 133 Å². The van der Waals surface area contributed by atoms with E-state index in [1.54, 1.807) is 0 Å². The van der Waals surface area contributed by atoms with Crippen LogP contribution >= 0.6 is 0 Å². The lowest BCUT2D eigenvalue weighted by atomic mass is 9.89. The predicted molar refractivity (Wildman–Crippen MR) is 227 cm³/mol. The summed E-state index contributed by atoms with van der Waals surface area (Å²) in [5, 5.41) is 12.8. The molecule has 9 aromatic carbocycles. The van der Waals surface area contributed by atoms with Gasteiger partial charge in [-0.25, -0.2) is 9.97 Å². The zero-order chi connectivity index (χ0) is 35.3. The Bertz CT molecular complexity index is 3400. The van der Waals surface area contributed by atoms with Gasteiger partial charge in [-0.15, -0.1) is 0 Å². The van der Waals surface area contributed by atoms with Crippen molar-refractivity contribution in [3.05, 3.63) is 181 Å². The van der Waals surface area contributed by atoms with Gasteiger partial charge in [0.15, 0.2) is 0 Å². The Labute approximate surface area is 311 Å². The van der Waals surface area contributed by atoms with E-state index < -0.39 is 0 Å². The molecular formula is C51H31N3. The van der Waals surface area contributed by atoms with E-state index in [0.29, 0.717) is 0 Å². The number of hydrogen-bond acceptors (Lipinski definition) is 2. The Morgan fingerprint density at radius 2 is 1.07 bits per heavy atom. The van der Waals surface area contributed by atoms with E-state index in [1.807, 2.05) is 0 Å². The normalized spacial score (nSPS) is 13.0. The summed E-state index contributed by atoms with van der Waals surface area (Å²) in [5.74, 6) is 0.908. The van der Waals surface area contributed by atoms with Crippen LogP contribution in [0.15, 0.2) is 170 Å². The molecule has 0 fully saturated rings. The van der Waals surface area contributed by atoms with Crippen molar-refractivity contribution in [1.82, 2.24) is 14.4 Å². The van der Waals surface area contributed by atoms with Crippen LogP contribution in [0.5, 0.6) is 0 Å². The minimum absolute atomic E-state index is 0.806. The van der Waals surface area contributed by atoms with Crippen LogP contribution in [-0.2, 0) is 6.42 Å². The Kier molecular flexibility index (Phi) is 6.11. The number of fused-ring (bicyclic) bond motifs is 7. The summed E-state index contributed by atoms with van der Waals surface area (Å²) in [7, 11) is 0. The van der Waals surface area contributed by atoms with E-state index in [9.17, 15) is 0 Å². The van der Waals surface area contributed by atoms with Gasteiger partial charge in [-0.05, 0) is 125 Å². The SMILES string of the molecule is C1=CCc2c(nc(-c3ccc4cc(-c5ccc6cc(-c7ccc8ccc9cccc%10ccc7c8c9%10)ccc6c5)ccc4c3)n3c2nc2ccccc23)C=C1. The van der Waals surface area contributed by atoms with E-state index in [-0.39, 0.29) is 0 Å². The van der Waals surface area contributed by atoms with E-state index in [2.05, 4.69) is 180 Å². The van der Waals surface area contributed by atoms with Gasteiger partial charge in [0.2, 0.25) is 0 Å². The minimum atomic E-state index is 0.806. The molecule has 54 heavy (non-hydrogen) atoms. The molecule has 2 aromatic heterocycles. The smallest absolute Gasteiger partial charge is 0.146 e. The van der Waals surface area contributed by atoms with Crippen LogP contribution in [0, 0.1) is 0 Å². The van der Waals surface area contributed by atoms with Gasteiger partial charge in [0.25, 0.3) is 0 Å². The highest BCUT2D eigenvalue weighted by molar-refractivity contribution is 6.25. The number of rotatable bonds is 3. The lowest BCUT2D eigenvalue weighted by Gasteiger charge is -2.15. The van der Waals surface area contributed by atoms with Crippen molar-refractivity contribution in [2.45, 2.75) is 6.42 Å². The maximum absolute atomic E-state index is 5.25. The second kappa shape index (κ2) is 11.2. The predicted octanol–water partition coefficient (Wildman–Crippen LogP) is 13.2. The van der Waals surface area contributed by atoms with Crippen molar-refractivity contribution in [1.29, 1.82) is 0 Å². The molecule has 0 radical (unpaired) electrons. The first-order valence-corrected chi connectivity index (χ1v) is 18.6. The lowest BCUT2D eigenvalue weighted by Crippen LogP contribution is -2.03. The number of imidazole rings is 1. The second-order valence-electron chi connectivity index (χ2n) is 14.6. The average molecular weight is 686 g/mol. The summed E-state index contributed by atoms with van der Waals surface area (Å²) < 4.78 is 2.24. The largest absolute Gasteiger partial charge is 0.276 e. The molecule has 12 rings (SSSR count). The van der Waals surface area contributed by atoms with Gasteiger partial charge in [0, 0.05) is 11.1 Å². The summed E-state index contributed by atoms with van der Waals surface area (Å²) in [4.78, 5) is 10.3. The van der Waals surface area contributed by atoms with E-state index >= 15 is 0 Å². The Hall–Kier alpha value is -7.10. The molecule has 2 heterocycles. The third-order valence-electron chi connectivity index (χ3n) is 11.5. The number of aromatic nitrogens is 3. The van der Waals surface area contributed by atoms with Crippen molar-refractivity contribution >= 4 is 76.6 Å². The molecule has 0 saturated carbocycles. The molecule has 1 aliphatic rings. The van der Waals surface area contributed by atoms with Crippen molar-refractivity contribution in [3.63, 3.8) is 0 Å². The van der Waals surface area contributed by atoms with E-state index in [0.717, 1.165) is 45.7 Å². The highest BCUT2D eigenvalue weighted by Gasteiger charge is 2.19. The van der Waals surface area contributed by atoms with Gasteiger partial charge in [-0.2, -0.15) is 0 Å².